The summed E-state index contributed by atoms with van der Waals surface area (Å²) in [6.07, 6.45) is 3.31. The molecule has 3 rings (SSSR count). The molecule has 0 aliphatic heterocycles. The van der Waals surface area contributed by atoms with Crippen molar-refractivity contribution in [2.24, 2.45) is 5.73 Å². The zero-order chi connectivity index (χ0) is 19.4. The van der Waals surface area contributed by atoms with E-state index in [1.165, 1.54) is 18.3 Å². The lowest BCUT2D eigenvalue weighted by atomic mass is 10.3. The van der Waals surface area contributed by atoms with Crippen LogP contribution < -0.4 is 16.4 Å². The van der Waals surface area contributed by atoms with Crippen LogP contribution >= 0.6 is 0 Å². The lowest BCUT2D eigenvalue weighted by Crippen LogP contribution is -2.17. The van der Waals surface area contributed by atoms with Crippen molar-refractivity contribution in [1.29, 1.82) is 5.26 Å². The van der Waals surface area contributed by atoms with Gasteiger partial charge >= 0.3 is 0 Å². The van der Waals surface area contributed by atoms with Gasteiger partial charge in [-0.3, -0.25) is 4.79 Å². The number of amides is 1. The number of rotatable bonds is 8. The monoisotopic (exact) mass is 386 g/mol. The van der Waals surface area contributed by atoms with E-state index in [0.29, 0.717) is 11.5 Å². The van der Waals surface area contributed by atoms with Crippen molar-refractivity contribution in [1.82, 2.24) is 9.97 Å². The highest BCUT2D eigenvalue weighted by Gasteiger charge is 2.24. The van der Waals surface area contributed by atoms with Crippen molar-refractivity contribution in [3.05, 3.63) is 36.0 Å². The summed E-state index contributed by atoms with van der Waals surface area (Å²) in [5.41, 5.74) is 6.15. The number of sulfone groups is 1. The van der Waals surface area contributed by atoms with Gasteiger partial charge in [-0.1, -0.05) is 0 Å². The lowest BCUT2D eigenvalue weighted by Gasteiger charge is -2.11. The molecule has 0 spiro atoms. The fourth-order valence-electron chi connectivity index (χ4n) is 2.33. The van der Waals surface area contributed by atoms with E-state index in [2.05, 4.69) is 20.6 Å². The molecule has 9 nitrogen and oxygen atoms in total. The topological polar surface area (TPSA) is 151 Å². The number of carbonyl (C=O) groups is 1. The van der Waals surface area contributed by atoms with E-state index in [0.717, 1.165) is 12.8 Å². The molecule has 0 bridgehead atoms. The maximum absolute atomic E-state index is 12.1. The highest BCUT2D eigenvalue weighted by Crippen LogP contribution is 2.26. The third-order valence-corrected chi connectivity index (χ3v) is 5.66. The normalized spacial score (nSPS) is 13.6. The Balaban J connectivity index is 1.77. The molecule has 1 aromatic heterocycles. The van der Waals surface area contributed by atoms with Gasteiger partial charge in [0, 0.05) is 24.3 Å². The smallest absolute Gasteiger partial charge is 0.254 e. The summed E-state index contributed by atoms with van der Waals surface area (Å²) in [4.78, 5) is 20.0. The van der Waals surface area contributed by atoms with E-state index in [1.807, 2.05) is 6.07 Å². The fourth-order valence-corrected chi connectivity index (χ4v) is 3.47. The molecule has 0 atom stereocenters. The van der Waals surface area contributed by atoms with Gasteiger partial charge in [0.05, 0.1) is 22.3 Å². The van der Waals surface area contributed by atoms with Gasteiger partial charge in [-0.15, -0.1) is 0 Å². The zero-order valence-electron chi connectivity index (χ0n) is 14.3. The molecule has 10 heteroatoms. The fraction of sp³-hybridized carbons (Fsp3) is 0.294. The summed E-state index contributed by atoms with van der Waals surface area (Å²) in [7, 11) is -3.48. The van der Waals surface area contributed by atoms with Crippen molar-refractivity contribution in [3.8, 4) is 6.07 Å². The Bertz CT molecular complexity index is 994. The molecule has 1 aliphatic rings. The second kappa shape index (κ2) is 7.59. The van der Waals surface area contributed by atoms with Crippen LogP contribution in [0.3, 0.4) is 0 Å². The molecule has 0 radical (unpaired) electrons. The second-order valence-corrected chi connectivity index (χ2v) is 8.22. The standard InChI is InChI=1S/C17H18N6O3S/c18-8-1-9-27(25,26)13-6-4-12(5-7-13)22-17-20-10-14(15(19)24)16(23-17)21-11-2-3-11/h4-7,10-11H,1-3,9H2,(H2,19,24)(H2,20,21,22,23). The average Bonchev–Trinajstić information content (AvgIpc) is 3.44. The van der Waals surface area contributed by atoms with Gasteiger partial charge in [0.15, 0.2) is 9.84 Å². The highest BCUT2D eigenvalue weighted by atomic mass is 32.2. The van der Waals surface area contributed by atoms with Crippen molar-refractivity contribution in [2.45, 2.75) is 30.2 Å². The number of nitrogens with one attached hydrogen (secondary N) is 2. The molecule has 2 aromatic rings. The van der Waals surface area contributed by atoms with Crippen LogP contribution in [0.2, 0.25) is 0 Å². The quantitative estimate of drug-likeness (QED) is 0.618. The number of nitrogens with two attached hydrogens (primary N) is 1. The van der Waals surface area contributed by atoms with Crippen molar-refractivity contribution in [2.75, 3.05) is 16.4 Å². The van der Waals surface area contributed by atoms with Crippen LogP contribution in [0.5, 0.6) is 0 Å². The van der Waals surface area contributed by atoms with Crippen molar-refractivity contribution >= 4 is 33.2 Å². The number of hydrogen-bond acceptors (Lipinski definition) is 8. The number of aromatic nitrogens is 2. The number of nitrogens with zero attached hydrogens (tertiary/aromatic N) is 3. The first-order valence-corrected chi connectivity index (χ1v) is 9.94. The molecule has 1 saturated carbocycles. The van der Waals surface area contributed by atoms with E-state index < -0.39 is 15.7 Å². The SMILES string of the molecule is N#CCCS(=O)(=O)c1ccc(Nc2ncc(C(N)=O)c(NC3CC3)n2)cc1. The molecule has 140 valence electrons. The lowest BCUT2D eigenvalue weighted by molar-refractivity contribution is 0.100. The number of nitriles is 1. The molecule has 27 heavy (non-hydrogen) atoms. The predicted octanol–water partition coefficient (Wildman–Crippen LogP) is 1.58. The first kappa shape index (κ1) is 18.6. The second-order valence-electron chi connectivity index (χ2n) is 6.12. The van der Waals surface area contributed by atoms with Crippen molar-refractivity contribution in [3.63, 3.8) is 0 Å². The summed E-state index contributed by atoms with van der Waals surface area (Å²) >= 11 is 0. The third-order valence-electron chi connectivity index (χ3n) is 3.92. The molecule has 0 saturated heterocycles. The van der Waals surface area contributed by atoms with Crippen LogP contribution in [0, 0.1) is 11.3 Å². The average molecular weight is 386 g/mol. The van der Waals surface area contributed by atoms with Gasteiger partial charge in [0.2, 0.25) is 5.95 Å². The number of carbonyl (C=O) groups excluding carboxylic acids is 1. The minimum atomic E-state index is -3.48. The summed E-state index contributed by atoms with van der Waals surface area (Å²) in [6, 6.07) is 8.18. The first-order chi connectivity index (χ1) is 12.9. The van der Waals surface area contributed by atoms with Crippen LogP contribution in [0.15, 0.2) is 35.4 Å². The molecular weight excluding hydrogens is 368 g/mol. The number of anilines is 3. The van der Waals surface area contributed by atoms with E-state index in [1.54, 1.807) is 12.1 Å². The van der Waals surface area contributed by atoms with E-state index in [4.69, 9.17) is 11.0 Å². The van der Waals surface area contributed by atoms with Gasteiger partial charge < -0.3 is 16.4 Å². The minimum Gasteiger partial charge on any atom is -0.367 e. The van der Waals surface area contributed by atoms with Crippen LogP contribution in [0.1, 0.15) is 29.6 Å². The largest absolute Gasteiger partial charge is 0.367 e. The van der Waals surface area contributed by atoms with Crippen LogP contribution in [0.25, 0.3) is 0 Å². The van der Waals surface area contributed by atoms with Crippen molar-refractivity contribution < 1.29 is 13.2 Å². The molecule has 4 N–H and O–H groups in total. The molecular formula is C17H18N6O3S. The number of benzene rings is 1. The Kier molecular flexibility index (Phi) is 5.23. The Hall–Kier alpha value is -3.19. The molecule has 1 fully saturated rings. The highest BCUT2D eigenvalue weighted by molar-refractivity contribution is 7.91. The Morgan fingerprint density at radius 3 is 2.59 bits per heavy atom. The predicted molar refractivity (Wildman–Crippen MR) is 99.2 cm³/mol. The first-order valence-electron chi connectivity index (χ1n) is 8.29. The van der Waals surface area contributed by atoms with Gasteiger partial charge in [-0.2, -0.15) is 10.2 Å². The molecule has 1 heterocycles. The maximum Gasteiger partial charge on any atom is 0.254 e. The van der Waals surface area contributed by atoms with Crippen LogP contribution in [-0.2, 0) is 9.84 Å². The van der Waals surface area contributed by atoms with E-state index in [9.17, 15) is 13.2 Å². The van der Waals surface area contributed by atoms with Gasteiger partial charge in [0.1, 0.15) is 5.82 Å². The van der Waals surface area contributed by atoms with Crippen LogP contribution in [0.4, 0.5) is 17.5 Å². The maximum atomic E-state index is 12.1. The number of primary amides is 1. The van der Waals surface area contributed by atoms with E-state index >= 15 is 0 Å². The molecule has 1 amide bonds. The molecule has 1 aliphatic carbocycles. The molecule has 0 unspecified atom stereocenters. The van der Waals surface area contributed by atoms with Crippen LogP contribution in [-0.4, -0.2) is 36.1 Å². The molecule has 1 aromatic carbocycles. The summed E-state index contributed by atoms with van der Waals surface area (Å²) in [5, 5.41) is 14.7. The Morgan fingerprint density at radius 1 is 1.30 bits per heavy atom. The number of hydrogen-bond donors (Lipinski definition) is 3. The Morgan fingerprint density at radius 2 is 2.00 bits per heavy atom. The zero-order valence-corrected chi connectivity index (χ0v) is 15.2. The third kappa shape index (κ3) is 4.71. The van der Waals surface area contributed by atoms with Gasteiger partial charge in [-0.25, -0.2) is 13.4 Å². The van der Waals surface area contributed by atoms with Gasteiger partial charge in [-0.05, 0) is 37.1 Å². The summed E-state index contributed by atoms with van der Waals surface area (Å²) in [5.74, 6) is -0.206. The minimum absolute atomic E-state index is 0.0564. The summed E-state index contributed by atoms with van der Waals surface area (Å²) in [6.45, 7) is 0. The Labute approximate surface area is 156 Å². The van der Waals surface area contributed by atoms with E-state index in [-0.39, 0.29) is 34.6 Å². The summed E-state index contributed by atoms with van der Waals surface area (Å²) < 4.78 is 24.1. The van der Waals surface area contributed by atoms with Gasteiger partial charge in [0.25, 0.3) is 5.91 Å².